The van der Waals surface area contributed by atoms with Crippen molar-refractivity contribution in [3.05, 3.63) is 108 Å². The molecule has 10 nitrogen and oxygen atoms in total. The highest BCUT2D eigenvalue weighted by atomic mass is 32.2. The van der Waals surface area contributed by atoms with Crippen LogP contribution in [0, 0.1) is 11.7 Å². The van der Waals surface area contributed by atoms with Crippen molar-refractivity contribution in [1.82, 2.24) is 24.9 Å². The Morgan fingerprint density at radius 2 is 1.60 bits per heavy atom. The smallest absolute Gasteiger partial charge is 0.257 e. The maximum atomic E-state index is 13.9. The lowest BCUT2D eigenvalue weighted by Crippen LogP contribution is -2.48. The van der Waals surface area contributed by atoms with E-state index in [1.807, 2.05) is 10.8 Å². The van der Waals surface area contributed by atoms with E-state index in [0.717, 1.165) is 5.41 Å². The number of anilines is 1. The third kappa shape index (κ3) is 7.03. The van der Waals surface area contributed by atoms with Gasteiger partial charge in [-0.1, -0.05) is 48.5 Å². The largest absolute Gasteiger partial charge is 0.309 e. The van der Waals surface area contributed by atoms with Gasteiger partial charge in [0, 0.05) is 18.2 Å². The van der Waals surface area contributed by atoms with Crippen molar-refractivity contribution in [3.8, 4) is 5.69 Å². The van der Waals surface area contributed by atoms with Crippen LogP contribution in [0.5, 0.6) is 0 Å². The molecule has 3 aromatic carbocycles. The van der Waals surface area contributed by atoms with Crippen LogP contribution in [-0.2, 0) is 26.0 Å². The first-order valence-corrected chi connectivity index (χ1v) is 13.9. The number of benzene rings is 3. The van der Waals surface area contributed by atoms with E-state index in [9.17, 15) is 22.4 Å². The minimum Gasteiger partial charge on any atom is -0.309 e. The van der Waals surface area contributed by atoms with Crippen LogP contribution in [0.15, 0.2) is 90.3 Å². The van der Waals surface area contributed by atoms with Gasteiger partial charge in [0.1, 0.15) is 11.7 Å². The second-order valence-corrected chi connectivity index (χ2v) is 10.7. The molecule has 4 rings (SSSR count). The SMILES string of the molecule is CC(C)N(C(=O)C(Cc1nnnn1-c1ccccc1)C(=O)NS(=O)(=O)C=Cc1ccccc1)c1ccc(F)cc1. The summed E-state index contributed by atoms with van der Waals surface area (Å²) in [6.07, 6.45) is 1.02. The van der Waals surface area contributed by atoms with Crippen molar-refractivity contribution in [3.63, 3.8) is 0 Å². The van der Waals surface area contributed by atoms with E-state index < -0.39 is 39.6 Å². The molecule has 40 heavy (non-hydrogen) atoms. The topological polar surface area (TPSA) is 127 Å². The fourth-order valence-electron chi connectivity index (χ4n) is 4.00. The Bertz CT molecular complexity index is 1590. The van der Waals surface area contributed by atoms with Crippen LogP contribution in [0.4, 0.5) is 10.1 Å². The number of carbonyl (C=O) groups is 2. The van der Waals surface area contributed by atoms with Gasteiger partial charge in [-0.2, -0.15) is 4.68 Å². The van der Waals surface area contributed by atoms with Gasteiger partial charge in [0.15, 0.2) is 5.82 Å². The standard InChI is InChI=1S/C28H27FN6O4S/c1-20(2)34(23-15-13-22(29)14-16-23)28(37)25(19-26-30-32-33-35(26)24-11-7-4-8-12-24)27(36)31-40(38,39)18-17-21-9-5-3-6-10-21/h3-18,20,25H,19H2,1-2H3,(H,31,36). The number of halogens is 1. The van der Waals surface area contributed by atoms with E-state index in [1.165, 1.54) is 39.9 Å². The average molecular weight is 563 g/mol. The summed E-state index contributed by atoms with van der Waals surface area (Å²) in [5.41, 5.74) is 1.54. The van der Waals surface area contributed by atoms with Gasteiger partial charge in [-0.15, -0.1) is 5.10 Å². The first kappa shape index (κ1) is 28.3. The van der Waals surface area contributed by atoms with Crippen molar-refractivity contribution in [2.45, 2.75) is 26.3 Å². The Morgan fingerprint density at radius 1 is 0.975 bits per heavy atom. The minimum absolute atomic E-state index is 0.166. The number of rotatable bonds is 10. The second-order valence-electron chi connectivity index (χ2n) is 9.10. The number of hydrogen-bond acceptors (Lipinski definition) is 7. The van der Waals surface area contributed by atoms with Gasteiger partial charge in [0.05, 0.1) is 11.1 Å². The number of hydrogen-bond donors (Lipinski definition) is 1. The monoisotopic (exact) mass is 562 g/mol. The molecule has 1 atom stereocenters. The molecule has 2 amide bonds. The van der Waals surface area contributed by atoms with E-state index in [1.54, 1.807) is 68.4 Å². The van der Waals surface area contributed by atoms with E-state index >= 15 is 0 Å². The molecule has 0 saturated heterocycles. The van der Waals surface area contributed by atoms with Crippen LogP contribution in [-0.4, -0.2) is 46.5 Å². The molecular formula is C28H27FN6O4S. The Labute approximate surface area is 231 Å². The van der Waals surface area contributed by atoms with Crippen molar-refractivity contribution < 1.29 is 22.4 Å². The number of nitrogens with zero attached hydrogens (tertiary/aromatic N) is 5. The first-order valence-electron chi connectivity index (χ1n) is 12.4. The fourth-order valence-corrected chi connectivity index (χ4v) is 4.83. The summed E-state index contributed by atoms with van der Waals surface area (Å²) in [6.45, 7) is 3.45. The molecule has 0 spiro atoms. The van der Waals surface area contributed by atoms with Gasteiger partial charge >= 0.3 is 0 Å². The molecule has 0 fully saturated rings. The molecule has 1 aromatic heterocycles. The predicted octanol–water partition coefficient (Wildman–Crippen LogP) is 3.52. The Kier molecular flexibility index (Phi) is 8.80. The molecule has 0 bridgehead atoms. The Hall–Kier alpha value is -4.71. The number of sulfonamides is 1. The van der Waals surface area contributed by atoms with E-state index in [2.05, 4.69) is 15.5 Å². The highest BCUT2D eigenvalue weighted by Gasteiger charge is 2.36. The second kappa shape index (κ2) is 12.4. The molecule has 0 radical (unpaired) electrons. The molecule has 0 saturated carbocycles. The van der Waals surface area contributed by atoms with Crippen LogP contribution in [0.3, 0.4) is 0 Å². The summed E-state index contributed by atoms with van der Waals surface area (Å²) in [4.78, 5) is 28.7. The lowest BCUT2D eigenvalue weighted by molar-refractivity contribution is -0.132. The third-order valence-electron chi connectivity index (χ3n) is 5.88. The van der Waals surface area contributed by atoms with Gasteiger partial charge in [0.2, 0.25) is 11.8 Å². The van der Waals surface area contributed by atoms with Gasteiger partial charge in [-0.3, -0.25) is 9.59 Å². The molecule has 0 aliphatic carbocycles. The quantitative estimate of drug-likeness (QED) is 0.293. The average Bonchev–Trinajstić information content (AvgIpc) is 3.41. The molecule has 4 aromatic rings. The van der Waals surface area contributed by atoms with Crippen LogP contribution < -0.4 is 9.62 Å². The molecule has 1 heterocycles. The predicted molar refractivity (Wildman–Crippen MR) is 148 cm³/mol. The highest BCUT2D eigenvalue weighted by Crippen LogP contribution is 2.23. The molecule has 1 N–H and O–H groups in total. The summed E-state index contributed by atoms with van der Waals surface area (Å²) in [6, 6.07) is 22.3. The van der Waals surface area contributed by atoms with E-state index in [0.29, 0.717) is 16.9 Å². The van der Waals surface area contributed by atoms with Crippen molar-refractivity contribution in [2.75, 3.05) is 4.90 Å². The zero-order valence-electron chi connectivity index (χ0n) is 21.8. The van der Waals surface area contributed by atoms with Crippen molar-refractivity contribution >= 4 is 33.6 Å². The maximum Gasteiger partial charge on any atom is 0.257 e. The van der Waals surface area contributed by atoms with Crippen LogP contribution in [0.1, 0.15) is 25.2 Å². The summed E-state index contributed by atoms with van der Waals surface area (Å²) in [5, 5.41) is 12.5. The summed E-state index contributed by atoms with van der Waals surface area (Å²) in [5.74, 6) is -3.63. The number of amides is 2. The minimum atomic E-state index is -4.27. The molecule has 1 unspecified atom stereocenters. The summed E-state index contributed by atoms with van der Waals surface area (Å²) in [7, 11) is -4.27. The number of aromatic nitrogens is 4. The Morgan fingerprint density at radius 3 is 2.23 bits per heavy atom. The lowest BCUT2D eigenvalue weighted by Gasteiger charge is -2.30. The molecule has 206 valence electrons. The van der Waals surface area contributed by atoms with Crippen molar-refractivity contribution in [1.29, 1.82) is 0 Å². The van der Waals surface area contributed by atoms with Crippen LogP contribution in [0.2, 0.25) is 0 Å². The molecular weight excluding hydrogens is 535 g/mol. The summed E-state index contributed by atoms with van der Waals surface area (Å²) >= 11 is 0. The Balaban J connectivity index is 1.68. The maximum absolute atomic E-state index is 13.9. The summed E-state index contributed by atoms with van der Waals surface area (Å²) < 4.78 is 42.6. The number of tetrazole rings is 1. The van der Waals surface area contributed by atoms with E-state index in [4.69, 9.17) is 0 Å². The van der Waals surface area contributed by atoms with Gasteiger partial charge in [-0.05, 0) is 72.3 Å². The zero-order chi connectivity index (χ0) is 28.7. The number of para-hydroxylation sites is 1. The van der Waals surface area contributed by atoms with Crippen LogP contribution in [0.25, 0.3) is 11.8 Å². The van der Waals surface area contributed by atoms with Crippen LogP contribution >= 0.6 is 0 Å². The fraction of sp³-hybridized carbons (Fsp3) is 0.179. The number of carbonyl (C=O) groups excluding carboxylic acids is 2. The normalized spacial score (nSPS) is 12.4. The first-order chi connectivity index (χ1) is 19.1. The third-order valence-corrected chi connectivity index (χ3v) is 6.86. The lowest BCUT2D eigenvalue weighted by atomic mass is 10.0. The van der Waals surface area contributed by atoms with Gasteiger partial charge in [-0.25, -0.2) is 17.5 Å². The molecule has 12 heteroatoms. The van der Waals surface area contributed by atoms with Crippen molar-refractivity contribution in [2.24, 2.45) is 5.92 Å². The zero-order valence-corrected chi connectivity index (χ0v) is 22.6. The highest BCUT2D eigenvalue weighted by molar-refractivity contribution is 7.93. The number of nitrogens with one attached hydrogen (secondary N) is 1. The van der Waals surface area contributed by atoms with Gasteiger partial charge < -0.3 is 4.90 Å². The molecule has 0 aliphatic rings. The molecule has 0 aliphatic heterocycles. The van der Waals surface area contributed by atoms with Gasteiger partial charge in [0.25, 0.3) is 10.0 Å². The van der Waals surface area contributed by atoms with E-state index in [-0.39, 0.29) is 12.2 Å².